The Labute approximate surface area is 114 Å². The molecule has 3 rings (SSSR count). The lowest BCUT2D eigenvalue weighted by molar-refractivity contribution is -0.140. The third-order valence-corrected chi connectivity index (χ3v) is 4.18. The standard InChI is InChI=1S/C12H14N4O2S/c1-6-4-10-14-15-12(16(10)8(3)13-6)19-9-5-7(2)18-11(9)17/h4,7,9H,5H2,1-3H3/t7-,9+/m1/s1. The number of aryl methyl sites for hydroxylation is 2. The van der Waals surface area contributed by atoms with Crippen molar-refractivity contribution in [1.82, 2.24) is 19.6 Å². The fourth-order valence-corrected chi connectivity index (χ4v) is 3.42. The molecule has 1 aliphatic heterocycles. The molecule has 0 N–H and O–H groups in total. The van der Waals surface area contributed by atoms with E-state index >= 15 is 0 Å². The van der Waals surface area contributed by atoms with E-state index in [0.717, 1.165) is 17.2 Å². The minimum absolute atomic E-state index is 0.0225. The van der Waals surface area contributed by atoms with Crippen LogP contribution in [-0.4, -0.2) is 36.9 Å². The summed E-state index contributed by atoms with van der Waals surface area (Å²) in [6, 6.07) is 1.87. The Morgan fingerprint density at radius 2 is 2.21 bits per heavy atom. The predicted octanol–water partition coefficient (Wildman–Crippen LogP) is 1.54. The number of cyclic esters (lactones) is 1. The number of fused-ring (bicyclic) bond motifs is 1. The molecule has 2 atom stereocenters. The molecule has 0 amide bonds. The molecule has 6 nitrogen and oxygen atoms in total. The summed E-state index contributed by atoms with van der Waals surface area (Å²) >= 11 is 1.39. The molecule has 0 spiro atoms. The van der Waals surface area contributed by atoms with E-state index in [4.69, 9.17) is 4.74 Å². The molecule has 19 heavy (non-hydrogen) atoms. The molecule has 0 radical (unpaired) electrons. The van der Waals surface area contributed by atoms with Crippen LogP contribution in [0.2, 0.25) is 0 Å². The highest BCUT2D eigenvalue weighted by molar-refractivity contribution is 8.00. The lowest BCUT2D eigenvalue weighted by atomic mass is 10.3. The summed E-state index contributed by atoms with van der Waals surface area (Å²) in [6.07, 6.45) is 0.683. The summed E-state index contributed by atoms with van der Waals surface area (Å²) in [5, 5.41) is 8.76. The maximum atomic E-state index is 11.7. The molecule has 3 heterocycles. The third-order valence-electron chi connectivity index (χ3n) is 3.03. The van der Waals surface area contributed by atoms with Gasteiger partial charge in [-0.1, -0.05) is 11.8 Å². The summed E-state index contributed by atoms with van der Waals surface area (Å²) in [4.78, 5) is 16.1. The van der Waals surface area contributed by atoms with E-state index in [2.05, 4.69) is 15.2 Å². The monoisotopic (exact) mass is 278 g/mol. The Kier molecular flexibility index (Phi) is 2.93. The molecule has 7 heteroatoms. The van der Waals surface area contributed by atoms with Crippen LogP contribution in [0.25, 0.3) is 5.65 Å². The van der Waals surface area contributed by atoms with Crippen molar-refractivity contribution in [3.63, 3.8) is 0 Å². The van der Waals surface area contributed by atoms with Crippen LogP contribution in [0.1, 0.15) is 24.9 Å². The third kappa shape index (κ3) is 2.18. The van der Waals surface area contributed by atoms with E-state index in [9.17, 15) is 4.79 Å². The van der Waals surface area contributed by atoms with Gasteiger partial charge in [0.15, 0.2) is 10.8 Å². The summed E-state index contributed by atoms with van der Waals surface area (Å²) in [5.74, 6) is 0.647. The van der Waals surface area contributed by atoms with Gasteiger partial charge in [-0.05, 0) is 20.8 Å². The van der Waals surface area contributed by atoms with E-state index in [1.807, 2.05) is 31.2 Å². The van der Waals surface area contributed by atoms with Crippen molar-refractivity contribution in [3.05, 3.63) is 17.6 Å². The number of rotatable bonds is 2. The van der Waals surface area contributed by atoms with E-state index < -0.39 is 0 Å². The average molecular weight is 278 g/mol. The Bertz CT molecular complexity index is 654. The molecular formula is C12H14N4O2S. The number of thioether (sulfide) groups is 1. The fourth-order valence-electron chi connectivity index (χ4n) is 2.22. The summed E-state index contributed by atoms with van der Waals surface area (Å²) in [6.45, 7) is 5.73. The van der Waals surface area contributed by atoms with Crippen molar-refractivity contribution in [2.24, 2.45) is 0 Å². The van der Waals surface area contributed by atoms with Crippen LogP contribution in [0.4, 0.5) is 0 Å². The number of nitrogens with zero attached hydrogens (tertiary/aromatic N) is 4. The first kappa shape index (κ1) is 12.4. The molecule has 100 valence electrons. The molecule has 0 unspecified atom stereocenters. The minimum Gasteiger partial charge on any atom is -0.462 e. The smallest absolute Gasteiger partial charge is 0.319 e. The Morgan fingerprint density at radius 1 is 1.42 bits per heavy atom. The zero-order valence-electron chi connectivity index (χ0n) is 11.0. The molecule has 0 saturated carbocycles. The van der Waals surface area contributed by atoms with Crippen molar-refractivity contribution in [2.45, 2.75) is 43.7 Å². The molecule has 1 fully saturated rings. The highest BCUT2D eigenvalue weighted by Gasteiger charge is 2.34. The zero-order chi connectivity index (χ0) is 13.6. The van der Waals surface area contributed by atoms with Gasteiger partial charge in [0.1, 0.15) is 17.2 Å². The Morgan fingerprint density at radius 3 is 2.89 bits per heavy atom. The highest BCUT2D eigenvalue weighted by atomic mass is 32.2. The van der Waals surface area contributed by atoms with Gasteiger partial charge in [0, 0.05) is 18.2 Å². The lowest BCUT2D eigenvalue weighted by Crippen LogP contribution is -2.10. The Hall–Kier alpha value is -1.63. The van der Waals surface area contributed by atoms with Crippen molar-refractivity contribution < 1.29 is 9.53 Å². The quantitative estimate of drug-likeness (QED) is 0.776. The van der Waals surface area contributed by atoms with Crippen LogP contribution in [0.15, 0.2) is 11.2 Å². The van der Waals surface area contributed by atoms with Gasteiger partial charge in [0.2, 0.25) is 0 Å². The van der Waals surface area contributed by atoms with Gasteiger partial charge < -0.3 is 4.74 Å². The molecule has 1 aliphatic rings. The largest absolute Gasteiger partial charge is 0.462 e. The first-order valence-corrected chi connectivity index (χ1v) is 6.99. The minimum atomic E-state index is -0.205. The first-order chi connectivity index (χ1) is 9.04. The van der Waals surface area contributed by atoms with Crippen molar-refractivity contribution >= 4 is 23.4 Å². The van der Waals surface area contributed by atoms with Crippen molar-refractivity contribution in [1.29, 1.82) is 0 Å². The van der Waals surface area contributed by atoms with Crippen LogP contribution < -0.4 is 0 Å². The van der Waals surface area contributed by atoms with Gasteiger partial charge in [-0.25, -0.2) is 4.98 Å². The van der Waals surface area contributed by atoms with Gasteiger partial charge >= 0.3 is 5.97 Å². The second-order valence-corrected chi connectivity index (χ2v) is 5.88. The topological polar surface area (TPSA) is 69.4 Å². The van der Waals surface area contributed by atoms with Crippen LogP contribution in [0.3, 0.4) is 0 Å². The molecule has 0 aromatic carbocycles. The number of esters is 1. The number of aromatic nitrogens is 4. The number of ether oxygens (including phenoxy) is 1. The number of hydrogen-bond acceptors (Lipinski definition) is 6. The summed E-state index contributed by atoms with van der Waals surface area (Å²) < 4.78 is 7.02. The normalized spacial score (nSPS) is 23.0. The van der Waals surface area contributed by atoms with Gasteiger partial charge in [-0.3, -0.25) is 9.20 Å². The highest BCUT2D eigenvalue weighted by Crippen LogP contribution is 2.31. The van der Waals surface area contributed by atoms with E-state index in [0.29, 0.717) is 11.6 Å². The van der Waals surface area contributed by atoms with E-state index in [1.165, 1.54) is 11.8 Å². The molecule has 2 aromatic heterocycles. The SMILES string of the molecule is Cc1cc2nnc(S[C@H]3C[C@@H](C)OC3=O)n2c(C)n1. The van der Waals surface area contributed by atoms with E-state index in [1.54, 1.807) is 0 Å². The summed E-state index contributed by atoms with van der Waals surface area (Å²) in [5.41, 5.74) is 1.66. The summed E-state index contributed by atoms with van der Waals surface area (Å²) in [7, 11) is 0. The van der Waals surface area contributed by atoms with Gasteiger partial charge in [0.25, 0.3) is 0 Å². The van der Waals surface area contributed by atoms with Crippen LogP contribution in [-0.2, 0) is 9.53 Å². The average Bonchev–Trinajstić information content (AvgIpc) is 2.84. The molecule has 2 aromatic rings. The number of hydrogen-bond donors (Lipinski definition) is 0. The van der Waals surface area contributed by atoms with Gasteiger partial charge in [0.05, 0.1) is 0 Å². The second-order valence-electron chi connectivity index (χ2n) is 4.71. The fraction of sp³-hybridized carbons (Fsp3) is 0.500. The predicted molar refractivity (Wildman–Crippen MR) is 70.1 cm³/mol. The number of carbonyl (C=O) groups is 1. The van der Waals surface area contributed by atoms with Crippen LogP contribution in [0.5, 0.6) is 0 Å². The lowest BCUT2D eigenvalue weighted by Gasteiger charge is -2.05. The Balaban J connectivity index is 1.96. The molecular weight excluding hydrogens is 264 g/mol. The van der Waals surface area contributed by atoms with Gasteiger partial charge in [-0.2, -0.15) is 0 Å². The maximum absolute atomic E-state index is 11.7. The zero-order valence-corrected chi connectivity index (χ0v) is 11.8. The van der Waals surface area contributed by atoms with Crippen molar-refractivity contribution in [3.8, 4) is 0 Å². The van der Waals surface area contributed by atoms with E-state index in [-0.39, 0.29) is 17.3 Å². The van der Waals surface area contributed by atoms with Crippen molar-refractivity contribution in [2.75, 3.05) is 0 Å². The maximum Gasteiger partial charge on any atom is 0.319 e. The van der Waals surface area contributed by atoms with Gasteiger partial charge in [-0.15, -0.1) is 10.2 Å². The molecule has 0 aliphatic carbocycles. The molecule has 0 bridgehead atoms. The van der Waals surface area contributed by atoms with Crippen LogP contribution in [0, 0.1) is 13.8 Å². The second kappa shape index (κ2) is 4.48. The number of carbonyl (C=O) groups excluding carboxylic acids is 1. The first-order valence-electron chi connectivity index (χ1n) is 6.11. The molecule has 1 saturated heterocycles. The van der Waals surface area contributed by atoms with Crippen LogP contribution >= 0.6 is 11.8 Å².